The number of fused-ring (bicyclic) bond motifs is 10. The van der Waals surface area contributed by atoms with Crippen molar-refractivity contribution < 1.29 is 6.51 Å². The minimum absolute atomic E-state index is 0.313. The summed E-state index contributed by atoms with van der Waals surface area (Å²) < 4.78 is 1.52. The number of rotatable bonds is 2. The predicted octanol–water partition coefficient (Wildman–Crippen LogP) is 9.50. The molecule has 0 aromatic carbocycles. The molecule has 10 aliphatic heterocycles. The van der Waals surface area contributed by atoms with Gasteiger partial charge in [-0.3, -0.25) is 0 Å². The Balaban J connectivity index is 1.31. The van der Waals surface area contributed by atoms with Crippen molar-refractivity contribution in [3.63, 3.8) is 0 Å². The Labute approximate surface area is 178 Å². The quantitative estimate of drug-likeness (QED) is 0.365. The van der Waals surface area contributed by atoms with Crippen LogP contribution in [0.3, 0.4) is 0 Å². The van der Waals surface area contributed by atoms with E-state index < -0.39 is 6.51 Å². The molecule has 0 radical (unpaired) electrons. The molecule has 31 heavy (non-hydrogen) atoms. The van der Waals surface area contributed by atoms with Crippen LogP contribution in [0.25, 0.3) is 0 Å². The summed E-state index contributed by atoms with van der Waals surface area (Å²) >= 11 is 0. The molecule has 166 valence electrons. The molecule has 4 atom stereocenters. The zero-order valence-corrected chi connectivity index (χ0v) is 22.1. The summed E-state index contributed by atoms with van der Waals surface area (Å²) in [4.78, 5) is 10.7. The molecule has 1 spiro atoms. The van der Waals surface area contributed by atoms with Crippen LogP contribution in [0.2, 0.25) is 47.2 Å². The molecule has 12 rings (SSSR count). The molecule has 0 amide bonds. The third-order valence-corrected chi connectivity index (χ3v) is 64.4. The van der Waals surface area contributed by atoms with E-state index in [1.165, 1.54) is 38.5 Å². The van der Waals surface area contributed by atoms with Crippen molar-refractivity contribution in [3.8, 4) is 0 Å². The van der Waals surface area contributed by atoms with Crippen LogP contribution in [0.5, 0.6) is 0 Å². The van der Waals surface area contributed by atoms with Gasteiger partial charge in [0.15, 0.2) is 0 Å². The molecule has 0 aromatic rings. The molecule has 12 aliphatic rings. The summed E-state index contributed by atoms with van der Waals surface area (Å²) in [7, 11) is 0. The molecular formula is C30H38Fe. The fraction of sp³-hybridized carbons (Fsp3) is 0.733. The van der Waals surface area contributed by atoms with Crippen molar-refractivity contribution in [2.75, 3.05) is 0 Å². The summed E-state index contributed by atoms with van der Waals surface area (Å²) in [6.07, 6.45) is 0. The van der Waals surface area contributed by atoms with Gasteiger partial charge >= 0.3 is 178 Å². The Kier molecular flexibility index (Phi) is 0.875. The van der Waals surface area contributed by atoms with Crippen molar-refractivity contribution in [1.82, 2.24) is 0 Å². The second-order valence-electron chi connectivity index (χ2n) is 17.5. The molecule has 0 aromatic heterocycles. The average Bonchev–Trinajstić information content (AvgIpc) is 3.63. The van der Waals surface area contributed by atoms with Gasteiger partial charge in [0.05, 0.1) is 0 Å². The van der Waals surface area contributed by atoms with Crippen LogP contribution in [0.4, 0.5) is 0 Å². The Morgan fingerprint density at radius 2 is 0.806 bits per heavy atom. The topological polar surface area (TPSA) is 0 Å². The van der Waals surface area contributed by atoms with Crippen LogP contribution in [-0.2, 0) is 6.51 Å². The molecule has 10 saturated heterocycles. The van der Waals surface area contributed by atoms with Crippen LogP contribution in [0.1, 0.15) is 69.2 Å². The molecule has 0 nitrogen and oxygen atoms in total. The van der Waals surface area contributed by atoms with E-state index in [0.717, 1.165) is 8.63 Å². The van der Waals surface area contributed by atoms with E-state index in [2.05, 4.69) is 80.4 Å². The molecule has 10 fully saturated rings. The third kappa shape index (κ3) is 0.271. The molecule has 4 unspecified atom stereocenters. The normalized spacial score (nSPS) is 82.5. The molecule has 2 aliphatic carbocycles. The molecule has 10 heterocycles. The fourth-order valence-electron chi connectivity index (χ4n) is 22.6. The second-order valence-corrected chi connectivity index (χ2v) is 40.7. The van der Waals surface area contributed by atoms with Gasteiger partial charge in [-0.1, -0.05) is 0 Å². The van der Waals surface area contributed by atoms with Gasteiger partial charge in [-0.15, -0.1) is 0 Å². The second kappa shape index (κ2) is 1.76. The summed E-state index contributed by atoms with van der Waals surface area (Å²) in [5.41, 5.74) is 15.1. The van der Waals surface area contributed by atoms with Crippen molar-refractivity contribution in [1.29, 1.82) is 0 Å². The zero-order valence-electron chi connectivity index (χ0n) is 21.0. The van der Waals surface area contributed by atoms with Gasteiger partial charge in [0.2, 0.25) is 0 Å². The zero-order chi connectivity index (χ0) is 21.6. The summed E-state index contributed by atoms with van der Waals surface area (Å²) in [5.74, 6) is 0. The molecule has 1 heteroatoms. The first-order valence-electron chi connectivity index (χ1n) is 13.1. The minimum atomic E-state index is -3.65. The summed E-state index contributed by atoms with van der Waals surface area (Å²) in [6, 6.07) is 0. The van der Waals surface area contributed by atoms with Gasteiger partial charge in [-0.25, -0.2) is 0 Å². The van der Waals surface area contributed by atoms with E-state index in [0.29, 0.717) is 10.8 Å². The van der Waals surface area contributed by atoms with Gasteiger partial charge in [-0.2, -0.15) is 0 Å². The van der Waals surface area contributed by atoms with E-state index in [4.69, 9.17) is 0 Å². The Hall–Kier alpha value is -0.521. The van der Waals surface area contributed by atoms with Crippen molar-refractivity contribution in [3.05, 3.63) is 44.6 Å². The van der Waals surface area contributed by atoms with Crippen molar-refractivity contribution in [2.24, 2.45) is 10.8 Å². The van der Waals surface area contributed by atoms with Gasteiger partial charge in [0.25, 0.3) is 0 Å². The van der Waals surface area contributed by atoms with E-state index in [1.54, 1.807) is 33.4 Å². The first kappa shape index (κ1) is 15.4. The third-order valence-electron chi connectivity index (χ3n) is 21.7. The Bertz CT molecular complexity index is 1640. The van der Waals surface area contributed by atoms with Crippen LogP contribution < -0.4 is 0 Å². The average molecular weight is 454 g/mol. The number of allylic oxidation sites excluding steroid dienone is 8. The van der Waals surface area contributed by atoms with Crippen LogP contribution in [-0.4, -0.2) is 0 Å². The Morgan fingerprint density at radius 3 is 1.00 bits per heavy atom. The first-order chi connectivity index (χ1) is 14.1. The Morgan fingerprint density at radius 1 is 0.484 bits per heavy atom. The predicted molar refractivity (Wildman–Crippen MR) is 125 cm³/mol. The summed E-state index contributed by atoms with van der Waals surface area (Å²) in [5, 5.41) is 0. The monoisotopic (exact) mass is 454 g/mol. The first-order valence-corrected chi connectivity index (χ1v) is 19.4. The van der Waals surface area contributed by atoms with Crippen LogP contribution in [0.15, 0.2) is 44.6 Å². The molecule has 0 saturated carbocycles. The maximum absolute atomic E-state index is 3.65. The van der Waals surface area contributed by atoms with Gasteiger partial charge in [0.1, 0.15) is 0 Å². The summed E-state index contributed by atoms with van der Waals surface area (Å²) in [6.45, 7) is 22.0. The molecular weight excluding hydrogens is 416 g/mol. The van der Waals surface area contributed by atoms with Gasteiger partial charge < -0.3 is 0 Å². The van der Waals surface area contributed by atoms with Gasteiger partial charge in [0, 0.05) is 0 Å². The fourth-order valence-corrected chi connectivity index (χ4v) is 99.0. The van der Waals surface area contributed by atoms with E-state index in [9.17, 15) is 0 Å². The standard InChI is InChI=1S/C25H33.C5H5.Fe/c1-14-16(3)22(24(7,8)18(14)5)20-12-11-13-21(20)23-17(4)15(2)19(6)25(23,9)10;1-2-4-5-3-1;/h11-13H,1-10H3;1-5H;. The van der Waals surface area contributed by atoms with Crippen LogP contribution in [0, 0.1) is 10.8 Å². The molecule has 0 bridgehead atoms. The number of hydrogen-bond acceptors (Lipinski definition) is 0. The maximum atomic E-state index is 2.65. The van der Waals surface area contributed by atoms with Crippen molar-refractivity contribution in [2.45, 2.75) is 116 Å². The van der Waals surface area contributed by atoms with E-state index in [-0.39, 0.29) is 0 Å². The van der Waals surface area contributed by atoms with E-state index >= 15 is 0 Å². The SMILES string of the molecule is CC1=C(C)C(C)(C)C([C]23[CH]4[CH]5[CH]6[C]2(C2=C(C)C(C)=C(C)C2(C)C)[Fe]54632789[CH]3[CH]2[CH]7[CH]8[CH]39)=C1C. The number of hydrogen-bond donors (Lipinski definition) is 0. The van der Waals surface area contributed by atoms with Crippen molar-refractivity contribution >= 4 is 0 Å². The van der Waals surface area contributed by atoms with Crippen LogP contribution >= 0.6 is 0 Å². The molecule has 0 N–H and O–H groups in total. The van der Waals surface area contributed by atoms with E-state index in [1.807, 2.05) is 0 Å². The van der Waals surface area contributed by atoms with Gasteiger partial charge in [-0.05, 0) is 0 Å².